The monoisotopic (exact) mass is 448 g/mol. The number of thiazole rings is 1. The third-order valence-electron chi connectivity index (χ3n) is 6.39. The normalized spacial score (nSPS) is 18.6. The second-order valence-electron chi connectivity index (χ2n) is 8.51. The van der Waals surface area contributed by atoms with E-state index in [1.165, 1.54) is 5.56 Å². The van der Waals surface area contributed by atoms with E-state index >= 15 is 0 Å². The second kappa shape index (κ2) is 8.96. The first-order valence-corrected chi connectivity index (χ1v) is 12.1. The van der Waals surface area contributed by atoms with Crippen molar-refractivity contribution in [3.05, 3.63) is 69.1 Å². The van der Waals surface area contributed by atoms with Gasteiger partial charge in [-0.15, -0.1) is 11.3 Å². The van der Waals surface area contributed by atoms with E-state index in [-0.39, 0.29) is 11.9 Å². The minimum atomic E-state index is -0.0182. The molecule has 32 heavy (non-hydrogen) atoms. The van der Waals surface area contributed by atoms with Crippen molar-refractivity contribution in [1.29, 1.82) is 0 Å². The molecule has 2 aliphatic heterocycles. The van der Waals surface area contributed by atoms with E-state index in [1.54, 1.807) is 11.3 Å². The summed E-state index contributed by atoms with van der Waals surface area (Å²) in [6.07, 6.45) is 3.73. The van der Waals surface area contributed by atoms with E-state index in [9.17, 15) is 4.79 Å². The van der Waals surface area contributed by atoms with E-state index in [0.29, 0.717) is 18.8 Å². The van der Waals surface area contributed by atoms with Crippen LogP contribution >= 0.6 is 11.3 Å². The summed E-state index contributed by atoms with van der Waals surface area (Å²) in [7, 11) is 4.04. The fourth-order valence-corrected chi connectivity index (χ4v) is 5.44. The number of amides is 1. The van der Waals surface area contributed by atoms with Gasteiger partial charge in [0.25, 0.3) is 5.91 Å². The van der Waals surface area contributed by atoms with Crippen molar-refractivity contribution >= 4 is 23.1 Å². The smallest absolute Gasteiger partial charge is 0.273 e. The number of nitrogens with zero attached hydrogens (tertiary/aromatic N) is 5. The Hall–Kier alpha value is -2.84. The van der Waals surface area contributed by atoms with Gasteiger partial charge in [0.2, 0.25) is 0 Å². The summed E-state index contributed by atoms with van der Waals surface area (Å²) < 4.78 is 0. The summed E-state index contributed by atoms with van der Waals surface area (Å²) in [6.45, 7) is 2.22. The maximum atomic E-state index is 13.2. The lowest BCUT2D eigenvalue weighted by molar-refractivity contribution is 0.0726. The Bertz CT molecular complexity index is 1110. The minimum absolute atomic E-state index is 0.0182. The molecular formula is C24H28N6OS. The van der Waals surface area contributed by atoms with Gasteiger partial charge in [-0.3, -0.25) is 9.69 Å². The zero-order chi connectivity index (χ0) is 22.1. The van der Waals surface area contributed by atoms with Crippen molar-refractivity contribution in [3.63, 3.8) is 0 Å². The summed E-state index contributed by atoms with van der Waals surface area (Å²) in [6, 6.07) is 10.5. The fourth-order valence-electron chi connectivity index (χ4n) is 4.64. The molecular weight excluding hydrogens is 420 g/mol. The van der Waals surface area contributed by atoms with Crippen molar-refractivity contribution < 1.29 is 4.79 Å². The summed E-state index contributed by atoms with van der Waals surface area (Å²) >= 11 is 1.55. The lowest BCUT2D eigenvalue weighted by Gasteiger charge is -2.30. The molecule has 1 aromatic carbocycles. The molecule has 2 aromatic heterocycles. The van der Waals surface area contributed by atoms with Crippen LogP contribution in [0.1, 0.15) is 57.0 Å². The Labute approximate surface area is 192 Å². The number of carbonyl (C=O) groups is 1. The van der Waals surface area contributed by atoms with Crippen molar-refractivity contribution in [3.8, 4) is 0 Å². The molecule has 0 saturated carbocycles. The van der Waals surface area contributed by atoms with Crippen molar-refractivity contribution in [1.82, 2.24) is 24.8 Å². The SMILES string of the molecule is CNc1nc([C@H]2CCCN2C)nc2c1CCN(C(=O)c1csc(Cc3ccccc3)n1)C2. The Morgan fingerprint density at radius 3 is 2.78 bits per heavy atom. The number of carbonyl (C=O) groups excluding carboxylic acids is 1. The molecule has 8 heteroatoms. The lowest BCUT2D eigenvalue weighted by atomic mass is 10.0. The van der Waals surface area contributed by atoms with Gasteiger partial charge in [0.15, 0.2) is 0 Å². The first-order valence-electron chi connectivity index (χ1n) is 11.2. The number of benzene rings is 1. The summed E-state index contributed by atoms with van der Waals surface area (Å²) in [5.41, 5.74) is 3.82. The Morgan fingerprint density at radius 2 is 2.03 bits per heavy atom. The number of hydrogen-bond donors (Lipinski definition) is 1. The average Bonchev–Trinajstić information content (AvgIpc) is 3.47. The molecule has 0 unspecified atom stereocenters. The highest BCUT2D eigenvalue weighted by atomic mass is 32.1. The molecule has 7 nitrogen and oxygen atoms in total. The van der Waals surface area contributed by atoms with Crippen LogP contribution in [0.3, 0.4) is 0 Å². The first-order chi connectivity index (χ1) is 15.6. The van der Waals surface area contributed by atoms with E-state index < -0.39 is 0 Å². The predicted molar refractivity (Wildman–Crippen MR) is 126 cm³/mol. The van der Waals surface area contributed by atoms with Crippen LogP contribution in [0.15, 0.2) is 35.7 Å². The number of hydrogen-bond acceptors (Lipinski definition) is 7. The molecule has 0 radical (unpaired) electrons. The highest BCUT2D eigenvalue weighted by Gasteiger charge is 2.30. The molecule has 1 fully saturated rings. The van der Waals surface area contributed by atoms with Gasteiger partial charge >= 0.3 is 0 Å². The quantitative estimate of drug-likeness (QED) is 0.644. The van der Waals surface area contributed by atoms with Gasteiger partial charge in [-0.05, 0) is 38.4 Å². The minimum Gasteiger partial charge on any atom is -0.373 e. The van der Waals surface area contributed by atoms with Crippen molar-refractivity contribution in [2.75, 3.05) is 32.5 Å². The second-order valence-corrected chi connectivity index (χ2v) is 9.45. The average molecular weight is 449 g/mol. The van der Waals surface area contributed by atoms with E-state index in [0.717, 1.165) is 60.1 Å². The number of fused-ring (bicyclic) bond motifs is 1. The van der Waals surface area contributed by atoms with Crippen LogP contribution in [0.25, 0.3) is 0 Å². The van der Waals surface area contributed by atoms with Gasteiger partial charge in [0.1, 0.15) is 17.3 Å². The maximum absolute atomic E-state index is 13.2. The highest BCUT2D eigenvalue weighted by molar-refractivity contribution is 7.09. The summed E-state index contributed by atoms with van der Waals surface area (Å²) in [5, 5.41) is 6.10. The standard InChI is InChI=1S/C24H28N6OS/c1-25-22-17-10-12-30(14-18(17)27-23(28-22)20-9-6-11-29(20)2)24(31)19-15-32-21(26-19)13-16-7-4-3-5-8-16/h3-5,7-8,15,20H,6,9-14H2,1-2H3,(H,25,27,28)/t20-/m1/s1. The number of rotatable bonds is 5. The molecule has 0 bridgehead atoms. The van der Waals surface area contributed by atoms with Gasteiger partial charge in [-0.25, -0.2) is 15.0 Å². The largest absolute Gasteiger partial charge is 0.373 e. The van der Waals surface area contributed by atoms with Crippen LogP contribution in [-0.2, 0) is 19.4 Å². The van der Waals surface area contributed by atoms with E-state index in [4.69, 9.17) is 9.97 Å². The number of nitrogens with one attached hydrogen (secondary N) is 1. The zero-order valence-electron chi connectivity index (χ0n) is 18.5. The fraction of sp³-hybridized carbons (Fsp3) is 0.417. The van der Waals surface area contributed by atoms with E-state index in [2.05, 4.69) is 34.4 Å². The molecule has 1 amide bonds. The van der Waals surface area contributed by atoms with E-state index in [1.807, 2.05) is 35.5 Å². The van der Waals surface area contributed by atoms with Crippen molar-refractivity contribution in [2.45, 2.75) is 38.3 Å². The molecule has 5 rings (SSSR count). The van der Waals surface area contributed by atoms with Crippen LogP contribution in [0.5, 0.6) is 0 Å². The summed E-state index contributed by atoms with van der Waals surface area (Å²) in [5.74, 6) is 1.74. The van der Waals surface area contributed by atoms with Gasteiger partial charge in [-0.2, -0.15) is 0 Å². The van der Waals surface area contributed by atoms with Crippen molar-refractivity contribution in [2.24, 2.45) is 0 Å². The number of anilines is 1. The molecule has 1 atom stereocenters. The molecule has 0 spiro atoms. The Balaban J connectivity index is 1.35. The molecule has 1 saturated heterocycles. The summed E-state index contributed by atoms with van der Waals surface area (Å²) in [4.78, 5) is 31.8. The molecule has 0 aliphatic carbocycles. The zero-order valence-corrected chi connectivity index (χ0v) is 19.4. The lowest BCUT2D eigenvalue weighted by Crippen LogP contribution is -2.37. The number of likely N-dealkylation sites (tertiary alicyclic amines) is 1. The molecule has 166 valence electrons. The predicted octanol–water partition coefficient (Wildman–Crippen LogP) is 3.53. The van der Waals surface area contributed by atoms with Gasteiger partial charge in [0, 0.05) is 31.0 Å². The van der Waals surface area contributed by atoms with Crippen LogP contribution < -0.4 is 5.32 Å². The first kappa shape index (κ1) is 21.0. The van der Waals surface area contributed by atoms with Crippen LogP contribution in [-0.4, -0.2) is 57.8 Å². The highest BCUT2D eigenvalue weighted by Crippen LogP contribution is 2.32. The molecule has 1 N–H and O–H groups in total. The van der Waals surface area contributed by atoms with Gasteiger partial charge in [0.05, 0.1) is 23.3 Å². The van der Waals surface area contributed by atoms with Crippen LogP contribution in [0, 0.1) is 0 Å². The third-order valence-corrected chi connectivity index (χ3v) is 7.24. The van der Waals surface area contributed by atoms with Gasteiger partial charge in [-0.1, -0.05) is 30.3 Å². The van der Waals surface area contributed by atoms with Crippen LogP contribution in [0.4, 0.5) is 5.82 Å². The Morgan fingerprint density at radius 1 is 1.19 bits per heavy atom. The third kappa shape index (κ3) is 4.12. The maximum Gasteiger partial charge on any atom is 0.273 e. The molecule has 2 aliphatic rings. The molecule has 4 heterocycles. The molecule has 3 aromatic rings. The van der Waals surface area contributed by atoms with Crippen LogP contribution in [0.2, 0.25) is 0 Å². The number of aromatic nitrogens is 3. The topological polar surface area (TPSA) is 74.2 Å². The Kier molecular flexibility index (Phi) is 5.89. The van der Waals surface area contributed by atoms with Gasteiger partial charge < -0.3 is 10.2 Å².